The maximum Gasteiger partial charge on any atom is 0.343 e. The van der Waals surface area contributed by atoms with Gasteiger partial charge in [-0.15, -0.1) is 0 Å². The van der Waals surface area contributed by atoms with E-state index < -0.39 is 5.97 Å². The van der Waals surface area contributed by atoms with Crippen LogP contribution in [0.1, 0.15) is 24.2 Å². The molecule has 0 atom stereocenters. The van der Waals surface area contributed by atoms with E-state index >= 15 is 0 Å². The molecule has 0 aliphatic rings. The molecule has 0 radical (unpaired) electrons. The largest absolute Gasteiger partial charge is 0.478 e. The van der Waals surface area contributed by atoms with Crippen molar-refractivity contribution in [3.63, 3.8) is 0 Å². The third-order valence-corrected chi connectivity index (χ3v) is 1.81. The lowest BCUT2D eigenvalue weighted by molar-refractivity contribution is 0.0595. The molecule has 16 heavy (non-hydrogen) atoms. The van der Waals surface area contributed by atoms with E-state index in [1.54, 1.807) is 12.1 Å². The molecule has 1 aromatic heterocycles. The van der Waals surface area contributed by atoms with Crippen LogP contribution in [0.25, 0.3) is 0 Å². The third-order valence-electron chi connectivity index (χ3n) is 1.81. The molecule has 0 bridgehead atoms. The zero-order valence-corrected chi connectivity index (χ0v) is 9.65. The Hall–Kier alpha value is -1.78. The summed E-state index contributed by atoms with van der Waals surface area (Å²) in [5.41, 5.74) is 0.299. The fourth-order valence-corrected chi connectivity index (χ4v) is 1.16. The van der Waals surface area contributed by atoms with Gasteiger partial charge in [0.1, 0.15) is 5.56 Å². The van der Waals surface area contributed by atoms with Crippen molar-refractivity contribution in [2.45, 2.75) is 13.8 Å². The Bertz CT molecular complexity index is 365. The molecule has 0 aromatic carbocycles. The molecule has 0 amide bonds. The van der Waals surface area contributed by atoms with Gasteiger partial charge in [-0.2, -0.15) is 4.98 Å². The molecule has 0 saturated heterocycles. The van der Waals surface area contributed by atoms with E-state index in [9.17, 15) is 4.79 Å². The Morgan fingerprint density at radius 2 is 1.94 bits per heavy atom. The molecule has 1 heterocycles. The second-order valence-electron chi connectivity index (χ2n) is 2.86. The number of rotatable bonds is 5. The molecule has 0 aliphatic carbocycles. The van der Waals surface area contributed by atoms with Gasteiger partial charge in [-0.1, -0.05) is 0 Å². The van der Waals surface area contributed by atoms with E-state index in [0.717, 1.165) is 0 Å². The van der Waals surface area contributed by atoms with Crippen molar-refractivity contribution in [2.75, 3.05) is 20.3 Å². The second-order valence-corrected chi connectivity index (χ2v) is 2.86. The van der Waals surface area contributed by atoms with E-state index in [0.29, 0.717) is 24.7 Å². The van der Waals surface area contributed by atoms with Gasteiger partial charge in [-0.3, -0.25) is 0 Å². The zero-order valence-electron chi connectivity index (χ0n) is 9.65. The summed E-state index contributed by atoms with van der Waals surface area (Å²) >= 11 is 0. The van der Waals surface area contributed by atoms with Crippen molar-refractivity contribution in [3.05, 3.63) is 17.7 Å². The standard InChI is InChI=1S/C11H15NO4/c1-4-15-9-7-6-8(11(13)14-3)10(12-9)16-5-2/h6-7H,4-5H2,1-3H3. The van der Waals surface area contributed by atoms with Crippen LogP contribution in [0.15, 0.2) is 12.1 Å². The highest BCUT2D eigenvalue weighted by molar-refractivity contribution is 5.91. The van der Waals surface area contributed by atoms with Crippen LogP contribution < -0.4 is 9.47 Å². The second kappa shape index (κ2) is 5.95. The average molecular weight is 225 g/mol. The van der Waals surface area contributed by atoms with E-state index in [-0.39, 0.29) is 5.88 Å². The number of ether oxygens (including phenoxy) is 3. The van der Waals surface area contributed by atoms with E-state index in [4.69, 9.17) is 9.47 Å². The Balaban J connectivity index is 3.03. The summed E-state index contributed by atoms with van der Waals surface area (Å²) in [5.74, 6) is 0.193. The minimum atomic E-state index is -0.473. The lowest BCUT2D eigenvalue weighted by atomic mass is 10.3. The number of aromatic nitrogens is 1. The Morgan fingerprint density at radius 1 is 1.25 bits per heavy atom. The van der Waals surface area contributed by atoms with E-state index in [1.807, 2.05) is 13.8 Å². The Morgan fingerprint density at radius 3 is 2.50 bits per heavy atom. The third kappa shape index (κ3) is 2.85. The fraction of sp³-hybridized carbons (Fsp3) is 0.455. The first kappa shape index (κ1) is 12.3. The minimum Gasteiger partial charge on any atom is -0.478 e. The summed E-state index contributed by atoms with van der Waals surface area (Å²) in [4.78, 5) is 15.5. The van der Waals surface area contributed by atoms with Crippen molar-refractivity contribution in [3.8, 4) is 11.8 Å². The molecular formula is C11H15NO4. The van der Waals surface area contributed by atoms with Crippen LogP contribution in [0.4, 0.5) is 0 Å². The Labute approximate surface area is 94.3 Å². The molecule has 0 fully saturated rings. The first-order chi connectivity index (χ1) is 7.72. The summed E-state index contributed by atoms with van der Waals surface area (Å²) in [5, 5.41) is 0. The molecular weight excluding hydrogens is 210 g/mol. The predicted octanol–water partition coefficient (Wildman–Crippen LogP) is 1.67. The minimum absolute atomic E-state index is 0.236. The molecule has 0 spiro atoms. The molecule has 0 aliphatic heterocycles. The van der Waals surface area contributed by atoms with Crippen LogP contribution in [0, 0.1) is 0 Å². The van der Waals surface area contributed by atoms with Crippen LogP contribution in [-0.2, 0) is 4.74 Å². The lowest BCUT2D eigenvalue weighted by Crippen LogP contribution is -2.08. The van der Waals surface area contributed by atoms with Gasteiger partial charge < -0.3 is 14.2 Å². The smallest absolute Gasteiger partial charge is 0.343 e. The highest BCUT2D eigenvalue weighted by Gasteiger charge is 2.15. The van der Waals surface area contributed by atoms with Gasteiger partial charge in [-0.25, -0.2) is 4.79 Å². The maximum absolute atomic E-state index is 11.4. The van der Waals surface area contributed by atoms with Gasteiger partial charge in [0.25, 0.3) is 0 Å². The van der Waals surface area contributed by atoms with Crippen molar-refractivity contribution in [1.29, 1.82) is 0 Å². The number of hydrogen-bond donors (Lipinski definition) is 0. The van der Waals surface area contributed by atoms with E-state index in [2.05, 4.69) is 9.72 Å². The van der Waals surface area contributed by atoms with E-state index in [1.165, 1.54) is 7.11 Å². The maximum atomic E-state index is 11.4. The molecule has 1 rings (SSSR count). The first-order valence-corrected chi connectivity index (χ1v) is 5.07. The van der Waals surface area contributed by atoms with Crippen molar-refractivity contribution < 1.29 is 19.0 Å². The van der Waals surface area contributed by atoms with Crippen molar-refractivity contribution in [2.24, 2.45) is 0 Å². The summed E-state index contributed by atoms with van der Waals surface area (Å²) < 4.78 is 15.1. The molecule has 88 valence electrons. The predicted molar refractivity (Wildman–Crippen MR) is 57.9 cm³/mol. The fourth-order valence-electron chi connectivity index (χ4n) is 1.16. The number of carbonyl (C=O) groups is 1. The number of pyridine rings is 1. The molecule has 1 aromatic rings. The van der Waals surface area contributed by atoms with Crippen LogP contribution >= 0.6 is 0 Å². The molecule has 0 saturated carbocycles. The average Bonchev–Trinajstić information content (AvgIpc) is 2.29. The number of carbonyl (C=O) groups excluding carboxylic acids is 1. The summed E-state index contributed by atoms with van der Waals surface area (Å²) in [6.07, 6.45) is 0. The highest BCUT2D eigenvalue weighted by atomic mass is 16.5. The van der Waals surface area contributed by atoms with Crippen LogP contribution in [0.2, 0.25) is 0 Å². The summed E-state index contributed by atoms with van der Waals surface area (Å²) in [7, 11) is 1.31. The van der Waals surface area contributed by atoms with Gasteiger partial charge in [0.05, 0.1) is 20.3 Å². The van der Waals surface area contributed by atoms with Gasteiger partial charge in [0, 0.05) is 6.07 Å². The quantitative estimate of drug-likeness (QED) is 0.713. The van der Waals surface area contributed by atoms with Gasteiger partial charge in [-0.05, 0) is 19.9 Å². The molecule has 0 unspecified atom stereocenters. The van der Waals surface area contributed by atoms with Gasteiger partial charge in [0.15, 0.2) is 0 Å². The summed E-state index contributed by atoms with van der Waals surface area (Å²) in [6.45, 7) is 4.61. The zero-order chi connectivity index (χ0) is 12.0. The lowest BCUT2D eigenvalue weighted by Gasteiger charge is -2.09. The topological polar surface area (TPSA) is 57.7 Å². The van der Waals surface area contributed by atoms with Crippen LogP contribution in [0.3, 0.4) is 0 Å². The molecule has 5 heteroatoms. The number of esters is 1. The Kier molecular flexibility index (Phi) is 4.57. The number of methoxy groups -OCH3 is 1. The van der Waals surface area contributed by atoms with Gasteiger partial charge >= 0.3 is 5.97 Å². The first-order valence-electron chi connectivity index (χ1n) is 5.07. The van der Waals surface area contributed by atoms with Crippen LogP contribution in [0.5, 0.6) is 11.8 Å². The van der Waals surface area contributed by atoms with Crippen LogP contribution in [-0.4, -0.2) is 31.3 Å². The highest BCUT2D eigenvalue weighted by Crippen LogP contribution is 2.20. The van der Waals surface area contributed by atoms with Gasteiger partial charge in [0.2, 0.25) is 11.8 Å². The summed E-state index contributed by atoms with van der Waals surface area (Å²) in [6, 6.07) is 3.19. The van der Waals surface area contributed by atoms with Crippen molar-refractivity contribution >= 4 is 5.97 Å². The monoisotopic (exact) mass is 225 g/mol. The normalized spacial score (nSPS) is 9.69. The molecule has 0 N–H and O–H groups in total. The number of nitrogens with zero attached hydrogens (tertiary/aromatic N) is 1. The SMILES string of the molecule is CCOc1ccc(C(=O)OC)c(OCC)n1. The van der Waals surface area contributed by atoms with Crippen molar-refractivity contribution in [1.82, 2.24) is 4.98 Å². The molecule has 5 nitrogen and oxygen atoms in total. The number of hydrogen-bond acceptors (Lipinski definition) is 5.